The number of methoxy groups -OCH3 is 1. The van der Waals surface area contributed by atoms with Crippen molar-refractivity contribution in [1.82, 2.24) is 9.55 Å². The van der Waals surface area contributed by atoms with Crippen LogP contribution in [0.2, 0.25) is 0 Å². The van der Waals surface area contributed by atoms with Crippen molar-refractivity contribution in [3.8, 4) is 0 Å². The van der Waals surface area contributed by atoms with Crippen LogP contribution >= 0.6 is 0 Å². The zero-order chi connectivity index (χ0) is 13.2. The molecule has 1 atom stereocenters. The van der Waals surface area contributed by atoms with Crippen molar-refractivity contribution < 1.29 is 13.9 Å². The molecular weight excluding hydrogens is 244 g/mol. The van der Waals surface area contributed by atoms with Gasteiger partial charge in [-0.15, -0.1) is 0 Å². The number of esters is 1. The Hall–Kier alpha value is -2.04. The Kier molecular flexibility index (Phi) is 3.11. The van der Waals surface area contributed by atoms with E-state index in [2.05, 4.69) is 9.55 Å². The average molecular weight is 260 g/mol. The molecule has 19 heavy (non-hydrogen) atoms. The number of carbonyl (C=O) groups excluding carboxylic acids is 1. The molecular formula is C14H16N2O3. The zero-order valence-corrected chi connectivity index (χ0v) is 10.8. The molecule has 2 aromatic rings. The number of hydrogen-bond donors (Lipinski definition) is 0. The molecule has 3 rings (SSSR count). The summed E-state index contributed by atoms with van der Waals surface area (Å²) >= 11 is 0. The van der Waals surface area contributed by atoms with Gasteiger partial charge in [0.15, 0.2) is 0 Å². The highest BCUT2D eigenvalue weighted by molar-refractivity contribution is 5.72. The molecule has 1 aliphatic rings. The van der Waals surface area contributed by atoms with Crippen LogP contribution in [0.25, 0.3) is 0 Å². The lowest BCUT2D eigenvalue weighted by Gasteiger charge is -2.23. The first-order chi connectivity index (χ1) is 9.28. The number of furan rings is 1. The Morgan fingerprint density at radius 2 is 2.53 bits per heavy atom. The minimum absolute atomic E-state index is 0.0675. The number of ether oxygens (including phenoxy) is 1. The molecule has 0 N–H and O–H groups in total. The van der Waals surface area contributed by atoms with Crippen molar-refractivity contribution in [3.63, 3.8) is 0 Å². The fraction of sp³-hybridized carbons (Fsp3) is 0.429. The SMILES string of the molecule is COC(=O)C1CCc2cnc(Cc3ccco3)n2C1. The molecule has 0 fully saturated rings. The molecule has 0 radical (unpaired) electrons. The van der Waals surface area contributed by atoms with Gasteiger partial charge in [-0.3, -0.25) is 4.79 Å². The fourth-order valence-electron chi connectivity index (χ4n) is 2.58. The van der Waals surface area contributed by atoms with Gasteiger partial charge in [-0.05, 0) is 25.0 Å². The number of imidazole rings is 1. The van der Waals surface area contributed by atoms with E-state index in [0.717, 1.165) is 24.4 Å². The van der Waals surface area contributed by atoms with Gasteiger partial charge in [-0.25, -0.2) is 4.98 Å². The summed E-state index contributed by atoms with van der Waals surface area (Å²) in [4.78, 5) is 16.1. The molecule has 0 saturated heterocycles. The third-order valence-electron chi connectivity index (χ3n) is 3.62. The highest BCUT2D eigenvalue weighted by Crippen LogP contribution is 2.23. The van der Waals surface area contributed by atoms with Crippen LogP contribution < -0.4 is 0 Å². The molecule has 0 aliphatic carbocycles. The van der Waals surface area contributed by atoms with Crippen molar-refractivity contribution in [2.24, 2.45) is 5.92 Å². The van der Waals surface area contributed by atoms with Gasteiger partial charge >= 0.3 is 5.97 Å². The average Bonchev–Trinajstić information content (AvgIpc) is 3.08. The Bertz CT molecular complexity index is 572. The van der Waals surface area contributed by atoms with Gasteiger partial charge in [0.25, 0.3) is 0 Å². The van der Waals surface area contributed by atoms with E-state index in [9.17, 15) is 4.79 Å². The normalized spacial score (nSPS) is 18.1. The second-order valence-electron chi connectivity index (χ2n) is 4.79. The van der Waals surface area contributed by atoms with E-state index < -0.39 is 0 Å². The molecule has 3 heterocycles. The van der Waals surface area contributed by atoms with Crippen LogP contribution in [0.3, 0.4) is 0 Å². The van der Waals surface area contributed by atoms with E-state index in [-0.39, 0.29) is 11.9 Å². The third-order valence-corrected chi connectivity index (χ3v) is 3.62. The summed E-state index contributed by atoms with van der Waals surface area (Å²) in [6, 6.07) is 3.80. The van der Waals surface area contributed by atoms with Gasteiger partial charge in [-0.1, -0.05) is 0 Å². The summed E-state index contributed by atoms with van der Waals surface area (Å²) < 4.78 is 12.3. The van der Waals surface area contributed by atoms with E-state index in [1.54, 1.807) is 6.26 Å². The summed E-state index contributed by atoms with van der Waals surface area (Å²) in [6.45, 7) is 0.651. The molecule has 0 aromatic carbocycles. The Morgan fingerprint density at radius 3 is 3.26 bits per heavy atom. The van der Waals surface area contributed by atoms with Gasteiger partial charge < -0.3 is 13.7 Å². The molecule has 1 unspecified atom stereocenters. The standard InChI is InChI=1S/C14H16N2O3/c1-18-14(17)10-4-5-11-8-15-13(16(11)9-10)7-12-3-2-6-19-12/h2-3,6,8,10H,4-5,7,9H2,1H3. The molecule has 5 nitrogen and oxygen atoms in total. The number of nitrogens with zero attached hydrogens (tertiary/aromatic N) is 2. The predicted octanol–water partition coefficient (Wildman–Crippen LogP) is 1.80. The van der Waals surface area contributed by atoms with Crippen LogP contribution in [-0.4, -0.2) is 22.6 Å². The maximum atomic E-state index is 11.7. The summed E-state index contributed by atoms with van der Waals surface area (Å²) in [7, 11) is 1.44. The minimum Gasteiger partial charge on any atom is -0.469 e. The number of fused-ring (bicyclic) bond motifs is 1. The van der Waals surface area contributed by atoms with Crippen LogP contribution in [0.15, 0.2) is 29.0 Å². The van der Waals surface area contributed by atoms with E-state index in [0.29, 0.717) is 13.0 Å². The molecule has 0 saturated carbocycles. The topological polar surface area (TPSA) is 57.3 Å². The lowest BCUT2D eigenvalue weighted by molar-refractivity contribution is -0.146. The van der Waals surface area contributed by atoms with Gasteiger partial charge in [0, 0.05) is 18.4 Å². The third kappa shape index (κ3) is 2.28. The predicted molar refractivity (Wildman–Crippen MR) is 67.6 cm³/mol. The molecule has 0 bridgehead atoms. The minimum atomic E-state index is -0.136. The molecule has 0 spiro atoms. The summed E-state index contributed by atoms with van der Waals surface area (Å²) in [5.41, 5.74) is 1.18. The van der Waals surface area contributed by atoms with Crippen molar-refractivity contribution in [2.75, 3.05) is 7.11 Å². The molecule has 100 valence electrons. The lowest BCUT2D eigenvalue weighted by Crippen LogP contribution is -2.28. The van der Waals surface area contributed by atoms with Crippen LogP contribution in [0.4, 0.5) is 0 Å². The Balaban J connectivity index is 1.82. The Morgan fingerprint density at radius 1 is 1.63 bits per heavy atom. The van der Waals surface area contributed by atoms with Gasteiger partial charge in [0.05, 0.1) is 25.7 Å². The first-order valence-corrected chi connectivity index (χ1v) is 6.41. The number of hydrogen-bond acceptors (Lipinski definition) is 4. The van der Waals surface area contributed by atoms with E-state index >= 15 is 0 Å². The second-order valence-corrected chi connectivity index (χ2v) is 4.79. The first kappa shape index (κ1) is 12.0. The van der Waals surface area contributed by atoms with Gasteiger partial charge in [0.2, 0.25) is 0 Å². The van der Waals surface area contributed by atoms with Crippen LogP contribution in [0, 0.1) is 5.92 Å². The largest absolute Gasteiger partial charge is 0.469 e. The van der Waals surface area contributed by atoms with Crippen LogP contribution in [-0.2, 0) is 28.9 Å². The van der Waals surface area contributed by atoms with Gasteiger partial charge in [-0.2, -0.15) is 0 Å². The van der Waals surface area contributed by atoms with Crippen LogP contribution in [0.1, 0.15) is 23.7 Å². The molecule has 1 aliphatic heterocycles. The number of aromatic nitrogens is 2. The highest BCUT2D eigenvalue weighted by Gasteiger charge is 2.27. The monoisotopic (exact) mass is 260 g/mol. The second kappa shape index (κ2) is 4.91. The maximum absolute atomic E-state index is 11.7. The van der Waals surface area contributed by atoms with Crippen LogP contribution in [0.5, 0.6) is 0 Å². The smallest absolute Gasteiger partial charge is 0.310 e. The fourth-order valence-corrected chi connectivity index (χ4v) is 2.58. The van der Waals surface area contributed by atoms with E-state index in [1.165, 1.54) is 12.8 Å². The number of aryl methyl sites for hydroxylation is 1. The van der Waals surface area contributed by atoms with Crippen molar-refractivity contribution in [2.45, 2.75) is 25.8 Å². The maximum Gasteiger partial charge on any atom is 0.310 e. The summed E-state index contributed by atoms with van der Waals surface area (Å²) in [5, 5.41) is 0. The van der Waals surface area contributed by atoms with E-state index in [4.69, 9.17) is 9.15 Å². The van der Waals surface area contributed by atoms with Crippen molar-refractivity contribution >= 4 is 5.97 Å². The quantitative estimate of drug-likeness (QED) is 0.790. The number of carbonyl (C=O) groups is 1. The molecule has 2 aromatic heterocycles. The van der Waals surface area contributed by atoms with Gasteiger partial charge in [0.1, 0.15) is 11.6 Å². The molecule has 5 heteroatoms. The molecule has 0 amide bonds. The summed E-state index contributed by atoms with van der Waals surface area (Å²) in [6.07, 6.45) is 5.91. The van der Waals surface area contributed by atoms with Crippen molar-refractivity contribution in [3.05, 3.63) is 41.9 Å². The zero-order valence-electron chi connectivity index (χ0n) is 10.8. The van der Waals surface area contributed by atoms with E-state index in [1.807, 2.05) is 18.3 Å². The highest BCUT2D eigenvalue weighted by atomic mass is 16.5. The first-order valence-electron chi connectivity index (χ1n) is 6.41. The number of rotatable bonds is 3. The summed E-state index contributed by atoms with van der Waals surface area (Å²) in [5.74, 6) is 1.62. The Labute approximate surface area is 111 Å². The lowest BCUT2D eigenvalue weighted by atomic mass is 9.98. The van der Waals surface area contributed by atoms with Crippen molar-refractivity contribution in [1.29, 1.82) is 0 Å².